The zero-order valence-corrected chi connectivity index (χ0v) is 13.5. The summed E-state index contributed by atoms with van der Waals surface area (Å²) in [7, 11) is 1.75. The van der Waals surface area contributed by atoms with E-state index in [1.54, 1.807) is 24.1 Å². The van der Waals surface area contributed by atoms with Gasteiger partial charge in [0.15, 0.2) is 11.5 Å². The summed E-state index contributed by atoms with van der Waals surface area (Å²) in [5.41, 5.74) is 1.98. The number of ether oxygens (including phenoxy) is 2. The molecule has 3 rings (SSSR count). The SMILES string of the molecule is CN(Cc1ccc2c(c1)OCO2)C(=O)NCc1ccc(Cl)cc1. The highest BCUT2D eigenvalue weighted by Gasteiger charge is 2.15. The second-order valence-corrected chi connectivity index (χ2v) is 5.77. The van der Waals surface area contributed by atoms with Crippen LogP contribution in [0.5, 0.6) is 11.5 Å². The number of hydrogen-bond acceptors (Lipinski definition) is 3. The monoisotopic (exact) mass is 332 g/mol. The number of hydrogen-bond donors (Lipinski definition) is 1. The topological polar surface area (TPSA) is 50.8 Å². The Morgan fingerprint density at radius 3 is 2.61 bits per heavy atom. The van der Waals surface area contributed by atoms with E-state index in [9.17, 15) is 4.79 Å². The average molecular weight is 333 g/mol. The summed E-state index contributed by atoms with van der Waals surface area (Å²) in [6, 6.07) is 12.9. The molecule has 1 heterocycles. The van der Waals surface area contributed by atoms with E-state index in [-0.39, 0.29) is 12.8 Å². The minimum atomic E-state index is -0.141. The number of amides is 2. The van der Waals surface area contributed by atoms with E-state index in [0.29, 0.717) is 18.1 Å². The number of halogens is 1. The minimum absolute atomic E-state index is 0.141. The highest BCUT2D eigenvalue weighted by atomic mass is 35.5. The molecule has 0 saturated carbocycles. The van der Waals surface area contributed by atoms with Gasteiger partial charge < -0.3 is 19.7 Å². The lowest BCUT2D eigenvalue weighted by Crippen LogP contribution is -2.36. The third-order valence-electron chi connectivity index (χ3n) is 3.56. The molecule has 2 aromatic rings. The number of carbonyl (C=O) groups is 1. The first kappa shape index (κ1) is 15.5. The second-order valence-electron chi connectivity index (χ2n) is 5.33. The van der Waals surface area contributed by atoms with Crippen LogP contribution in [0.1, 0.15) is 11.1 Å². The van der Waals surface area contributed by atoms with Crippen molar-refractivity contribution in [3.05, 3.63) is 58.6 Å². The van der Waals surface area contributed by atoms with Gasteiger partial charge in [-0.25, -0.2) is 4.79 Å². The van der Waals surface area contributed by atoms with Gasteiger partial charge in [-0.2, -0.15) is 0 Å². The van der Waals surface area contributed by atoms with Gasteiger partial charge in [0.2, 0.25) is 6.79 Å². The first-order valence-electron chi connectivity index (χ1n) is 7.24. The standard InChI is InChI=1S/C17H17ClN2O3/c1-20(10-13-4-7-15-16(8-13)23-11-22-15)17(21)19-9-12-2-5-14(18)6-3-12/h2-8H,9-11H2,1H3,(H,19,21). The molecule has 0 aliphatic carbocycles. The van der Waals surface area contributed by atoms with E-state index in [0.717, 1.165) is 22.6 Å². The number of nitrogens with zero attached hydrogens (tertiary/aromatic N) is 1. The molecule has 1 aliphatic heterocycles. The van der Waals surface area contributed by atoms with Crippen molar-refractivity contribution in [2.45, 2.75) is 13.1 Å². The number of nitrogens with one attached hydrogen (secondary N) is 1. The lowest BCUT2D eigenvalue weighted by Gasteiger charge is -2.18. The second kappa shape index (κ2) is 6.79. The van der Waals surface area contributed by atoms with Crippen LogP contribution in [0.15, 0.2) is 42.5 Å². The quantitative estimate of drug-likeness (QED) is 0.933. The zero-order valence-electron chi connectivity index (χ0n) is 12.7. The number of rotatable bonds is 4. The largest absolute Gasteiger partial charge is 0.454 e. The van der Waals surface area contributed by atoms with Crippen LogP contribution < -0.4 is 14.8 Å². The molecule has 1 aliphatic rings. The van der Waals surface area contributed by atoms with E-state index >= 15 is 0 Å². The molecule has 0 aromatic heterocycles. The molecule has 2 aromatic carbocycles. The van der Waals surface area contributed by atoms with Gasteiger partial charge in [0.1, 0.15) is 0 Å². The number of carbonyl (C=O) groups excluding carboxylic acids is 1. The third-order valence-corrected chi connectivity index (χ3v) is 3.81. The Labute approximate surface area is 139 Å². The molecule has 120 valence electrons. The van der Waals surface area contributed by atoms with E-state index in [1.807, 2.05) is 30.3 Å². The Morgan fingerprint density at radius 2 is 1.83 bits per heavy atom. The predicted octanol–water partition coefficient (Wildman–Crippen LogP) is 3.41. The Hall–Kier alpha value is -2.40. The molecule has 2 amide bonds. The van der Waals surface area contributed by atoms with Crippen LogP contribution in [0.3, 0.4) is 0 Å². The molecule has 0 unspecified atom stereocenters. The number of urea groups is 1. The summed E-state index contributed by atoms with van der Waals surface area (Å²) in [4.78, 5) is 13.8. The Morgan fingerprint density at radius 1 is 1.13 bits per heavy atom. The van der Waals surface area contributed by atoms with Crippen LogP contribution in [0.25, 0.3) is 0 Å². The van der Waals surface area contributed by atoms with Gasteiger partial charge >= 0.3 is 6.03 Å². The first-order valence-corrected chi connectivity index (χ1v) is 7.61. The van der Waals surface area contributed by atoms with Gasteiger partial charge in [-0.3, -0.25) is 0 Å². The minimum Gasteiger partial charge on any atom is -0.454 e. The zero-order chi connectivity index (χ0) is 16.2. The van der Waals surface area contributed by atoms with Crippen molar-refractivity contribution in [2.75, 3.05) is 13.8 Å². The summed E-state index contributed by atoms with van der Waals surface area (Å²) in [6.07, 6.45) is 0. The van der Waals surface area contributed by atoms with Crippen molar-refractivity contribution < 1.29 is 14.3 Å². The van der Waals surface area contributed by atoms with Crippen LogP contribution in [0.4, 0.5) is 4.79 Å². The summed E-state index contributed by atoms with van der Waals surface area (Å²) in [5.74, 6) is 1.46. The lowest BCUT2D eigenvalue weighted by atomic mass is 10.2. The maximum absolute atomic E-state index is 12.2. The summed E-state index contributed by atoms with van der Waals surface area (Å²) in [6.45, 7) is 1.20. The molecule has 0 radical (unpaired) electrons. The molecule has 5 nitrogen and oxygen atoms in total. The summed E-state index contributed by atoms with van der Waals surface area (Å²) < 4.78 is 10.6. The molecule has 23 heavy (non-hydrogen) atoms. The maximum atomic E-state index is 12.2. The fraction of sp³-hybridized carbons (Fsp3) is 0.235. The smallest absolute Gasteiger partial charge is 0.317 e. The van der Waals surface area contributed by atoms with Crippen LogP contribution in [0, 0.1) is 0 Å². The van der Waals surface area contributed by atoms with Crippen molar-refractivity contribution in [1.82, 2.24) is 10.2 Å². The van der Waals surface area contributed by atoms with Crippen LogP contribution in [-0.2, 0) is 13.1 Å². The van der Waals surface area contributed by atoms with Crippen molar-refractivity contribution in [2.24, 2.45) is 0 Å². The molecular formula is C17H17ClN2O3. The molecular weight excluding hydrogens is 316 g/mol. The number of fused-ring (bicyclic) bond motifs is 1. The van der Waals surface area contributed by atoms with Gasteiger partial charge in [-0.05, 0) is 35.4 Å². The first-order chi connectivity index (χ1) is 11.1. The predicted molar refractivity (Wildman–Crippen MR) is 87.7 cm³/mol. The third kappa shape index (κ3) is 3.87. The molecule has 0 saturated heterocycles. The fourth-order valence-corrected chi connectivity index (χ4v) is 2.43. The molecule has 6 heteroatoms. The van der Waals surface area contributed by atoms with Crippen molar-refractivity contribution in [3.63, 3.8) is 0 Å². The van der Waals surface area contributed by atoms with Gasteiger partial charge in [0, 0.05) is 25.2 Å². The van der Waals surface area contributed by atoms with Crippen LogP contribution in [0.2, 0.25) is 5.02 Å². The van der Waals surface area contributed by atoms with Crippen molar-refractivity contribution in [1.29, 1.82) is 0 Å². The van der Waals surface area contributed by atoms with Crippen LogP contribution >= 0.6 is 11.6 Å². The molecule has 0 bridgehead atoms. The molecule has 1 N–H and O–H groups in total. The number of benzene rings is 2. The van der Waals surface area contributed by atoms with E-state index in [2.05, 4.69) is 5.32 Å². The molecule has 0 atom stereocenters. The normalized spacial score (nSPS) is 12.1. The van der Waals surface area contributed by atoms with Gasteiger partial charge in [-0.15, -0.1) is 0 Å². The molecule has 0 fully saturated rings. The Kier molecular flexibility index (Phi) is 4.57. The van der Waals surface area contributed by atoms with Gasteiger partial charge in [0.25, 0.3) is 0 Å². The highest BCUT2D eigenvalue weighted by Crippen LogP contribution is 2.32. The van der Waals surface area contributed by atoms with E-state index < -0.39 is 0 Å². The van der Waals surface area contributed by atoms with Crippen LogP contribution in [-0.4, -0.2) is 24.8 Å². The van der Waals surface area contributed by atoms with Crippen molar-refractivity contribution >= 4 is 17.6 Å². The average Bonchev–Trinajstić information content (AvgIpc) is 3.01. The Bertz CT molecular complexity index is 703. The Balaban J connectivity index is 1.54. The summed E-state index contributed by atoms with van der Waals surface area (Å²) >= 11 is 5.84. The maximum Gasteiger partial charge on any atom is 0.317 e. The summed E-state index contributed by atoms with van der Waals surface area (Å²) in [5, 5.41) is 3.56. The molecule has 0 spiro atoms. The van der Waals surface area contributed by atoms with Crippen molar-refractivity contribution in [3.8, 4) is 11.5 Å². The lowest BCUT2D eigenvalue weighted by molar-refractivity contribution is 0.174. The van der Waals surface area contributed by atoms with Gasteiger partial charge in [-0.1, -0.05) is 29.8 Å². The fourth-order valence-electron chi connectivity index (χ4n) is 2.30. The van der Waals surface area contributed by atoms with Gasteiger partial charge in [0.05, 0.1) is 0 Å². The van der Waals surface area contributed by atoms with E-state index in [1.165, 1.54) is 0 Å². The van der Waals surface area contributed by atoms with E-state index in [4.69, 9.17) is 21.1 Å². The highest BCUT2D eigenvalue weighted by molar-refractivity contribution is 6.30.